The van der Waals surface area contributed by atoms with Crippen LogP contribution in [0.3, 0.4) is 0 Å². The van der Waals surface area contributed by atoms with Crippen LogP contribution in [0.4, 0.5) is 5.69 Å². The highest BCUT2D eigenvalue weighted by Gasteiger charge is 2.27. The molecule has 2 heterocycles. The lowest BCUT2D eigenvalue weighted by Gasteiger charge is -2.31. The van der Waals surface area contributed by atoms with E-state index < -0.39 is 5.60 Å². The molecule has 1 aromatic carbocycles. The maximum Gasteiger partial charge on any atom is 0.255 e. The smallest absolute Gasteiger partial charge is 0.255 e. The van der Waals surface area contributed by atoms with Gasteiger partial charge in [-0.3, -0.25) is 9.36 Å². The summed E-state index contributed by atoms with van der Waals surface area (Å²) in [5.41, 5.74) is 7.57. The van der Waals surface area contributed by atoms with Gasteiger partial charge in [-0.2, -0.15) is 0 Å². The maximum atomic E-state index is 12.1. The molecule has 0 unspecified atom stereocenters. The van der Waals surface area contributed by atoms with E-state index in [1.807, 2.05) is 38.1 Å². The average Bonchev–Trinajstić information content (AvgIpc) is 2.38. The second kappa shape index (κ2) is 4.27. The van der Waals surface area contributed by atoms with Crippen LogP contribution in [-0.4, -0.2) is 10.2 Å². The molecule has 0 spiro atoms. The van der Waals surface area contributed by atoms with E-state index in [2.05, 4.69) is 0 Å². The lowest BCUT2D eigenvalue weighted by molar-refractivity contribution is 0.157. The molecule has 0 bridgehead atoms. The molecule has 0 radical (unpaired) electrons. The minimum absolute atomic E-state index is 0.0789. The fourth-order valence-corrected chi connectivity index (χ4v) is 2.38. The largest absolute Gasteiger partial charge is 0.483 e. The highest BCUT2D eigenvalue weighted by Crippen LogP contribution is 2.37. The molecule has 1 aromatic heterocycles. The second-order valence-electron chi connectivity index (χ2n) is 5.40. The number of anilines is 1. The lowest BCUT2D eigenvalue weighted by Crippen LogP contribution is -2.32. The van der Waals surface area contributed by atoms with Gasteiger partial charge in [0.25, 0.3) is 5.56 Å². The van der Waals surface area contributed by atoms with Crippen LogP contribution in [0.5, 0.6) is 5.75 Å². The van der Waals surface area contributed by atoms with Crippen molar-refractivity contribution in [3.8, 4) is 5.75 Å². The molecule has 0 fully saturated rings. The van der Waals surface area contributed by atoms with Crippen LogP contribution in [0, 0.1) is 0 Å². The Labute approximate surface area is 117 Å². The van der Waals surface area contributed by atoms with Gasteiger partial charge in [-0.1, -0.05) is 6.07 Å². The molecule has 4 nitrogen and oxygen atoms in total. The molecular formula is C16H16N2O2. The summed E-state index contributed by atoms with van der Waals surface area (Å²) >= 11 is 0. The minimum atomic E-state index is -0.478. The molecule has 0 aliphatic carbocycles. The van der Waals surface area contributed by atoms with Crippen molar-refractivity contribution >= 4 is 11.4 Å². The van der Waals surface area contributed by atoms with E-state index in [0.717, 1.165) is 17.0 Å². The summed E-state index contributed by atoms with van der Waals surface area (Å²) in [5.74, 6) is 0.734. The van der Waals surface area contributed by atoms with Gasteiger partial charge in [-0.25, -0.2) is 0 Å². The van der Waals surface area contributed by atoms with Gasteiger partial charge in [0.05, 0.1) is 5.70 Å². The Hall–Kier alpha value is -2.49. The number of nitrogens with zero attached hydrogens (tertiary/aromatic N) is 1. The van der Waals surface area contributed by atoms with Crippen molar-refractivity contribution < 1.29 is 4.74 Å². The normalized spacial score (nSPS) is 16.0. The lowest BCUT2D eigenvalue weighted by atomic mass is 9.98. The number of pyridine rings is 1. The zero-order valence-electron chi connectivity index (χ0n) is 11.5. The van der Waals surface area contributed by atoms with Crippen LogP contribution >= 0.6 is 0 Å². The van der Waals surface area contributed by atoms with E-state index in [0.29, 0.717) is 5.69 Å². The van der Waals surface area contributed by atoms with Crippen LogP contribution < -0.4 is 16.0 Å². The minimum Gasteiger partial charge on any atom is -0.483 e. The summed E-state index contributed by atoms with van der Waals surface area (Å²) in [5, 5.41) is 0. The average molecular weight is 268 g/mol. The van der Waals surface area contributed by atoms with Gasteiger partial charge in [-0.05, 0) is 44.2 Å². The van der Waals surface area contributed by atoms with E-state index in [1.165, 1.54) is 6.07 Å². The third kappa shape index (κ3) is 2.09. The zero-order chi connectivity index (χ0) is 14.3. The van der Waals surface area contributed by atoms with Crippen LogP contribution in [0.25, 0.3) is 5.70 Å². The third-order valence-electron chi connectivity index (χ3n) is 3.22. The van der Waals surface area contributed by atoms with E-state index in [4.69, 9.17) is 10.5 Å². The fraction of sp³-hybridized carbons (Fsp3) is 0.188. The van der Waals surface area contributed by atoms with Crippen LogP contribution in [0.1, 0.15) is 19.4 Å². The molecular weight excluding hydrogens is 252 g/mol. The number of benzene rings is 1. The number of fused-ring (bicyclic) bond motifs is 1. The molecule has 0 saturated carbocycles. The van der Waals surface area contributed by atoms with Crippen molar-refractivity contribution in [3.63, 3.8) is 0 Å². The van der Waals surface area contributed by atoms with Gasteiger partial charge < -0.3 is 10.5 Å². The summed E-state index contributed by atoms with van der Waals surface area (Å²) in [6.07, 6.45) is 3.69. The van der Waals surface area contributed by atoms with Gasteiger partial charge >= 0.3 is 0 Å². The monoisotopic (exact) mass is 268 g/mol. The summed E-state index contributed by atoms with van der Waals surface area (Å²) in [4.78, 5) is 12.1. The first kappa shape index (κ1) is 12.5. The molecule has 4 heteroatoms. The van der Waals surface area contributed by atoms with Crippen molar-refractivity contribution in [2.75, 3.05) is 5.73 Å². The predicted molar refractivity (Wildman–Crippen MR) is 79.6 cm³/mol. The Morgan fingerprint density at radius 3 is 2.75 bits per heavy atom. The number of rotatable bonds is 1. The first-order valence-electron chi connectivity index (χ1n) is 6.46. The summed E-state index contributed by atoms with van der Waals surface area (Å²) < 4.78 is 7.53. The van der Waals surface area contributed by atoms with Gasteiger partial charge in [0.15, 0.2) is 0 Å². The molecule has 2 aromatic rings. The number of ether oxygens (including phenoxy) is 1. The van der Waals surface area contributed by atoms with Crippen LogP contribution in [-0.2, 0) is 0 Å². The van der Waals surface area contributed by atoms with E-state index in [-0.39, 0.29) is 5.56 Å². The highest BCUT2D eigenvalue weighted by molar-refractivity contribution is 5.75. The van der Waals surface area contributed by atoms with Crippen molar-refractivity contribution in [2.45, 2.75) is 19.4 Å². The van der Waals surface area contributed by atoms with Gasteiger partial charge in [0, 0.05) is 23.5 Å². The van der Waals surface area contributed by atoms with Gasteiger partial charge in [0.2, 0.25) is 0 Å². The maximum absolute atomic E-state index is 12.1. The molecule has 102 valence electrons. The van der Waals surface area contributed by atoms with Crippen molar-refractivity contribution in [1.82, 2.24) is 4.57 Å². The number of hydrogen-bond donors (Lipinski definition) is 1. The molecule has 20 heavy (non-hydrogen) atoms. The van der Waals surface area contributed by atoms with Crippen molar-refractivity contribution in [3.05, 3.63) is 64.6 Å². The Kier molecular flexibility index (Phi) is 2.67. The molecule has 3 rings (SSSR count). The summed E-state index contributed by atoms with van der Waals surface area (Å²) in [6, 6.07) is 10.6. The molecule has 0 atom stereocenters. The molecule has 2 N–H and O–H groups in total. The zero-order valence-corrected chi connectivity index (χ0v) is 11.5. The molecule has 1 aliphatic heterocycles. The topological polar surface area (TPSA) is 57.2 Å². The van der Waals surface area contributed by atoms with Gasteiger partial charge in [-0.15, -0.1) is 0 Å². The van der Waals surface area contributed by atoms with E-state index in [9.17, 15) is 4.79 Å². The standard InChI is InChI=1S/C16H16N2O2/c1-16(2)10-13(18-8-4-3-5-15(18)19)12-9-11(17)6-7-14(12)20-16/h3-10H,17H2,1-2H3. The highest BCUT2D eigenvalue weighted by atomic mass is 16.5. The number of hydrogen-bond acceptors (Lipinski definition) is 3. The predicted octanol–water partition coefficient (Wildman–Crippen LogP) is 2.49. The second-order valence-corrected chi connectivity index (χ2v) is 5.40. The summed E-state index contributed by atoms with van der Waals surface area (Å²) in [7, 11) is 0. The Balaban J connectivity index is 2.28. The van der Waals surface area contributed by atoms with E-state index in [1.54, 1.807) is 22.9 Å². The summed E-state index contributed by atoms with van der Waals surface area (Å²) in [6.45, 7) is 3.92. The quantitative estimate of drug-likeness (QED) is 0.808. The Morgan fingerprint density at radius 2 is 2.00 bits per heavy atom. The van der Waals surface area contributed by atoms with Crippen molar-refractivity contribution in [2.24, 2.45) is 0 Å². The van der Waals surface area contributed by atoms with Gasteiger partial charge in [0.1, 0.15) is 11.4 Å². The third-order valence-corrected chi connectivity index (χ3v) is 3.22. The molecule has 0 saturated heterocycles. The van der Waals surface area contributed by atoms with Crippen LogP contribution in [0.15, 0.2) is 53.5 Å². The van der Waals surface area contributed by atoms with Crippen LogP contribution in [0.2, 0.25) is 0 Å². The Morgan fingerprint density at radius 1 is 1.20 bits per heavy atom. The first-order valence-corrected chi connectivity index (χ1v) is 6.46. The number of nitrogens with two attached hydrogens (primary N) is 1. The Bertz CT molecular complexity index is 757. The molecule has 0 amide bonds. The molecule has 1 aliphatic rings. The van der Waals surface area contributed by atoms with Crippen molar-refractivity contribution in [1.29, 1.82) is 0 Å². The fourth-order valence-electron chi connectivity index (χ4n) is 2.38. The first-order chi connectivity index (χ1) is 9.46. The van der Waals surface area contributed by atoms with E-state index >= 15 is 0 Å². The number of aromatic nitrogens is 1. The SMILES string of the molecule is CC1(C)C=C(n2ccccc2=O)c2cc(N)ccc2O1. The number of nitrogen functional groups attached to an aromatic ring is 1.